The van der Waals surface area contributed by atoms with Gasteiger partial charge in [-0.2, -0.15) is 5.26 Å². The summed E-state index contributed by atoms with van der Waals surface area (Å²) >= 11 is 6.00. The van der Waals surface area contributed by atoms with Crippen molar-refractivity contribution in [1.29, 1.82) is 5.26 Å². The molecule has 0 atom stereocenters. The summed E-state index contributed by atoms with van der Waals surface area (Å²) in [6, 6.07) is 7.10. The summed E-state index contributed by atoms with van der Waals surface area (Å²) in [4.78, 5) is 8.51. The molecule has 102 valence electrons. The van der Waals surface area contributed by atoms with Crippen molar-refractivity contribution in [3.8, 4) is 6.07 Å². The smallest absolute Gasteiger partial charge is 0.148 e. The molecule has 0 saturated carbocycles. The van der Waals surface area contributed by atoms with Gasteiger partial charge in [0.15, 0.2) is 0 Å². The van der Waals surface area contributed by atoms with Gasteiger partial charge in [-0.3, -0.25) is 0 Å². The van der Waals surface area contributed by atoms with Gasteiger partial charge in [-0.25, -0.2) is 15.8 Å². The molecule has 0 fully saturated rings. The SMILES string of the molecule is Cc1nc(NN)c(C)c(Nc2ccc(C#N)c(Cl)c2)n1. The van der Waals surface area contributed by atoms with E-state index in [9.17, 15) is 0 Å². The van der Waals surface area contributed by atoms with Crippen LogP contribution in [0.1, 0.15) is 17.0 Å². The van der Waals surface area contributed by atoms with Crippen molar-refractivity contribution in [3.63, 3.8) is 0 Å². The largest absolute Gasteiger partial charge is 0.340 e. The number of aromatic nitrogens is 2. The minimum absolute atomic E-state index is 0.387. The number of hydrogen-bond donors (Lipinski definition) is 3. The number of nitrogens with one attached hydrogen (secondary N) is 2. The first-order valence-electron chi connectivity index (χ1n) is 5.83. The fourth-order valence-corrected chi connectivity index (χ4v) is 1.93. The van der Waals surface area contributed by atoms with Crippen LogP contribution < -0.4 is 16.6 Å². The van der Waals surface area contributed by atoms with Crippen LogP contribution in [0.4, 0.5) is 17.3 Å². The molecular weight excluding hydrogens is 276 g/mol. The molecule has 4 N–H and O–H groups in total. The molecule has 6 nitrogen and oxygen atoms in total. The van der Waals surface area contributed by atoms with Gasteiger partial charge in [0.05, 0.1) is 10.6 Å². The molecule has 0 unspecified atom stereocenters. The average Bonchev–Trinajstić information content (AvgIpc) is 2.42. The van der Waals surface area contributed by atoms with Crippen molar-refractivity contribution >= 4 is 28.9 Å². The van der Waals surface area contributed by atoms with E-state index < -0.39 is 0 Å². The standard InChI is InChI=1S/C13H13ClN6/c1-7-12(17-8(2)18-13(7)20-16)19-10-4-3-9(6-15)11(14)5-10/h3-5H,16H2,1-2H3,(H2,17,18,19,20). The summed E-state index contributed by atoms with van der Waals surface area (Å²) < 4.78 is 0. The first-order valence-corrected chi connectivity index (χ1v) is 6.21. The van der Waals surface area contributed by atoms with Crippen LogP contribution in [0.3, 0.4) is 0 Å². The predicted molar refractivity (Wildman–Crippen MR) is 78.8 cm³/mol. The molecule has 0 saturated heterocycles. The van der Waals surface area contributed by atoms with Crippen molar-refractivity contribution in [2.75, 3.05) is 10.7 Å². The molecule has 0 spiro atoms. The third-order valence-electron chi connectivity index (χ3n) is 2.75. The van der Waals surface area contributed by atoms with E-state index >= 15 is 0 Å². The van der Waals surface area contributed by atoms with Crippen LogP contribution in [-0.2, 0) is 0 Å². The van der Waals surface area contributed by atoms with Crippen molar-refractivity contribution in [2.24, 2.45) is 5.84 Å². The minimum Gasteiger partial charge on any atom is -0.340 e. The van der Waals surface area contributed by atoms with Crippen molar-refractivity contribution in [2.45, 2.75) is 13.8 Å². The van der Waals surface area contributed by atoms with E-state index in [1.54, 1.807) is 25.1 Å². The number of aryl methyl sites for hydroxylation is 1. The Morgan fingerprint density at radius 1 is 1.25 bits per heavy atom. The topological polar surface area (TPSA) is 99.6 Å². The maximum Gasteiger partial charge on any atom is 0.148 e. The lowest BCUT2D eigenvalue weighted by Crippen LogP contribution is -2.13. The van der Waals surface area contributed by atoms with E-state index in [0.717, 1.165) is 11.3 Å². The molecule has 20 heavy (non-hydrogen) atoms. The van der Waals surface area contributed by atoms with E-state index in [-0.39, 0.29) is 0 Å². The highest BCUT2D eigenvalue weighted by Gasteiger charge is 2.09. The Labute approximate surface area is 121 Å². The second kappa shape index (κ2) is 5.74. The molecule has 0 amide bonds. The number of nitrogen functional groups attached to an aromatic ring is 1. The number of nitrogens with zero attached hydrogens (tertiary/aromatic N) is 3. The maximum absolute atomic E-state index is 8.85. The van der Waals surface area contributed by atoms with E-state index in [2.05, 4.69) is 20.7 Å². The number of nitrogens with two attached hydrogens (primary N) is 1. The summed E-state index contributed by atoms with van der Waals surface area (Å²) in [6.07, 6.45) is 0. The molecule has 0 bridgehead atoms. The number of hydrogen-bond acceptors (Lipinski definition) is 6. The van der Waals surface area contributed by atoms with Gasteiger partial charge < -0.3 is 10.7 Å². The van der Waals surface area contributed by atoms with Crippen LogP contribution in [0.25, 0.3) is 0 Å². The molecule has 0 radical (unpaired) electrons. The molecule has 0 aliphatic rings. The molecule has 2 rings (SSSR count). The normalized spacial score (nSPS) is 9.95. The lowest BCUT2D eigenvalue weighted by atomic mass is 10.2. The second-order valence-electron chi connectivity index (χ2n) is 4.17. The van der Waals surface area contributed by atoms with Crippen molar-refractivity contribution in [3.05, 3.63) is 40.2 Å². The third-order valence-corrected chi connectivity index (χ3v) is 3.06. The Morgan fingerprint density at radius 2 is 1.95 bits per heavy atom. The lowest BCUT2D eigenvalue weighted by Gasteiger charge is -2.12. The summed E-state index contributed by atoms with van der Waals surface area (Å²) in [6.45, 7) is 3.62. The van der Waals surface area contributed by atoms with Crippen LogP contribution in [0.5, 0.6) is 0 Å². The van der Waals surface area contributed by atoms with Gasteiger partial charge in [0, 0.05) is 11.3 Å². The Morgan fingerprint density at radius 3 is 2.55 bits per heavy atom. The lowest BCUT2D eigenvalue weighted by molar-refractivity contribution is 1.03. The van der Waals surface area contributed by atoms with Crippen LogP contribution in [0.2, 0.25) is 5.02 Å². The fraction of sp³-hybridized carbons (Fsp3) is 0.154. The third kappa shape index (κ3) is 2.79. The van der Waals surface area contributed by atoms with Gasteiger partial charge >= 0.3 is 0 Å². The highest BCUT2D eigenvalue weighted by atomic mass is 35.5. The van der Waals surface area contributed by atoms with Crippen LogP contribution in [0.15, 0.2) is 18.2 Å². The molecular formula is C13H13ClN6. The zero-order chi connectivity index (χ0) is 14.7. The number of hydrazine groups is 1. The Bertz CT molecular complexity index is 692. The monoisotopic (exact) mass is 288 g/mol. The fourth-order valence-electron chi connectivity index (χ4n) is 1.71. The van der Waals surface area contributed by atoms with Gasteiger partial charge in [0.1, 0.15) is 23.5 Å². The Balaban J connectivity index is 2.38. The van der Waals surface area contributed by atoms with E-state index in [1.165, 1.54) is 0 Å². The zero-order valence-electron chi connectivity index (χ0n) is 11.0. The second-order valence-corrected chi connectivity index (χ2v) is 4.58. The van der Waals surface area contributed by atoms with Crippen LogP contribution >= 0.6 is 11.6 Å². The van der Waals surface area contributed by atoms with E-state index in [1.807, 2.05) is 13.0 Å². The number of benzene rings is 1. The summed E-state index contributed by atoms with van der Waals surface area (Å²) in [5, 5.41) is 12.4. The first-order chi connectivity index (χ1) is 9.55. The zero-order valence-corrected chi connectivity index (χ0v) is 11.8. The van der Waals surface area contributed by atoms with Gasteiger partial charge in [0.2, 0.25) is 0 Å². The van der Waals surface area contributed by atoms with Crippen LogP contribution in [0, 0.1) is 25.2 Å². The van der Waals surface area contributed by atoms with E-state index in [0.29, 0.717) is 28.0 Å². The first kappa shape index (κ1) is 14.1. The van der Waals surface area contributed by atoms with Gasteiger partial charge in [-0.15, -0.1) is 0 Å². The molecule has 1 aromatic heterocycles. The summed E-state index contributed by atoms with van der Waals surface area (Å²) in [5.41, 5.74) is 4.48. The summed E-state index contributed by atoms with van der Waals surface area (Å²) in [7, 11) is 0. The Hall–Kier alpha value is -2.36. The highest BCUT2D eigenvalue weighted by Crippen LogP contribution is 2.26. The number of anilines is 3. The Kier molecular flexibility index (Phi) is 4.03. The highest BCUT2D eigenvalue weighted by molar-refractivity contribution is 6.32. The maximum atomic E-state index is 8.85. The van der Waals surface area contributed by atoms with Crippen molar-refractivity contribution < 1.29 is 0 Å². The molecule has 1 heterocycles. The van der Waals surface area contributed by atoms with Gasteiger partial charge in [-0.1, -0.05) is 11.6 Å². The van der Waals surface area contributed by atoms with Gasteiger partial charge in [-0.05, 0) is 32.0 Å². The van der Waals surface area contributed by atoms with Gasteiger partial charge in [0.25, 0.3) is 0 Å². The molecule has 0 aliphatic carbocycles. The molecule has 2 aromatic rings. The number of nitriles is 1. The average molecular weight is 289 g/mol. The molecule has 1 aromatic carbocycles. The predicted octanol–water partition coefficient (Wildman–Crippen LogP) is 2.65. The molecule has 7 heteroatoms. The van der Waals surface area contributed by atoms with E-state index in [4.69, 9.17) is 22.7 Å². The molecule has 0 aliphatic heterocycles. The minimum atomic E-state index is 0.387. The summed E-state index contributed by atoms with van der Waals surface area (Å²) in [5.74, 6) is 7.19. The van der Waals surface area contributed by atoms with Crippen LogP contribution in [-0.4, -0.2) is 9.97 Å². The number of rotatable bonds is 3. The quantitative estimate of drug-likeness (QED) is 0.593. The van der Waals surface area contributed by atoms with Crippen molar-refractivity contribution in [1.82, 2.24) is 9.97 Å². The number of halogens is 1.